The van der Waals surface area contributed by atoms with E-state index >= 15 is 0 Å². The molecule has 0 bridgehead atoms. The fourth-order valence-electron chi connectivity index (χ4n) is 3.58. The van der Waals surface area contributed by atoms with E-state index in [0.717, 1.165) is 42.1 Å². The van der Waals surface area contributed by atoms with Crippen molar-refractivity contribution >= 4 is 5.91 Å². The lowest BCUT2D eigenvalue weighted by molar-refractivity contribution is -0.131. The van der Waals surface area contributed by atoms with Crippen LogP contribution in [0.1, 0.15) is 29.9 Å². The maximum Gasteiger partial charge on any atom is 0.254 e. The topological polar surface area (TPSA) is 82.6 Å². The Hall–Kier alpha value is -3.29. The number of aryl methyl sites for hydroxylation is 1. The summed E-state index contributed by atoms with van der Waals surface area (Å²) in [5.41, 5.74) is 3.24. The average Bonchev–Trinajstić information content (AvgIpc) is 3.33. The Kier molecular flexibility index (Phi) is 5.50. The van der Waals surface area contributed by atoms with E-state index in [1.807, 2.05) is 40.0 Å². The summed E-state index contributed by atoms with van der Waals surface area (Å²) in [5, 5.41) is 8.34. The highest BCUT2D eigenvalue weighted by Crippen LogP contribution is 2.24. The highest BCUT2D eigenvalue weighted by atomic mass is 16.5. The quantitative estimate of drug-likeness (QED) is 0.637. The number of carbonyl (C=O) groups excluding carboxylic acids is 1. The number of hydrogen-bond acceptors (Lipinski definition) is 6. The molecule has 0 atom stereocenters. The Balaban J connectivity index is 1.44. The summed E-state index contributed by atoms with van der Waals surface area (Å²) in [6.07, 6.45) is 4.53. The Morgan fingerprint density at radius 1 is 1.21 bits per heavy atom. The summed E-state index contributed by atoms with van der Waals surface area (Å²) in [4.78, 5) is 14.7. The van der Waals surface area contributed by atoms with Gasteiger partial charge in [0.1, 0.15) is 11.5 Å². The maximum absolute atomic E-state index is 12.7. The molecule has 29 heavy (non-hydrogen) atoms. The van der Waals surface area contributed by atoms with Crippen LogP contribution in [0.5, 0.6) is 11.6 Å². The Morgan fingerprint density at radius 3 is 2.76 bits per heavy atom. The second kappa shape index (κ2) is 8.38. The lowest BCUT2D eigenvalue weighted by Crippen LogP contribution is -2.30. The molecule has 0 radical (unpaired) electrons. The number of fused-ring (bicyclic) bond motifs is 1. The van der Waals surface area contributed by atoms with E-state index < -0.39 is 0 Å². The molecule has 0 N–H and O–H groups in total. The zero-order valence-corrected chi connectivity index (χ0v) is 16.6. The van der Waals surface area contributed by atoms with Crippen LogP contribution < -0.4 is 9.47 Å². The number of benzene rings is 1. The standard InChI is InChI=1S/C21H24N4O4/c1-27-17-7-5-16(6-8-17)25-19-4-3-11-24(14-15(19)13-22-25)21(26)10-9-18-12-20(28-2)23-29-18/h5-8,12-13H,3-4,9-11,14H2,1-2H3. The highest BCUT2D eigenvalue weighted by molar-refractivity contribution is 5.76. The summed E-state index contributed by atoms with van der Waals surface area (Å²) in [5.74, 6) is 1.99. The molecule has 152 valence electrons. The number of amides is 1. The lowest BCUT2D eigenvalue weighted by Gasteiger charge is -2.20. The number of rotatable bonds is 6. The summed E-state index contributed by atoms with van der Waals surface area (Å²) in [6.45, 7) is 1.31. The number of hydrogen-bond donors (Lipinski definition) is 0. The first-order chi connectivity index (χ1) is 14.2. The van der Waals surface area contributed by atoms with E-state index in [-0.39, 0.29) is 5.91 Å². The van der Waals surface area contributed by atoms with E-state index in [0.29, 0.717) is 31.0 Å². The average molecular weight is 396 g/mol. The van der Waals surface area contributed by atoms with Crippen LogP contribution >= 0.6 is 0 Å². The van der Waals surface area contributed by atoms with Crippen LogP contribution in [0.15, 0.2) is 41.1 Å². The molecule has 2 aromatic heterocycles. The van der Waals surface area contributed by atoms with Gasteiger partial charge in [-0.3, -0.25) is 4.79 Å². The molecule has 3 aromatic rings. The van der Waals surface area contributed by atoms with Crippen LogP contribution in [0.2, 0.25) is 0 Å². The third-order valence-corrected chi connectivity index (χ3v) is 5.16. The monoisotopic (exact) mass is 396 g/mol. The molecule has 3 heterocycles. The fraction of sp³-hybridized carbons (Fsp3) is 0.381. The molecule has 0 saturated heterocycles. The minimum absolute atomic E-state index is 0.102. The van der Waals surface area contributed by atoms with Crippen LogP contribution in [-0.2, 0) is 24.2 Å². The molecular formula is C21H24N4O4. The summed E-state index contributed by atoms with van der Waals surface area (Å²) in [6, 6.07) is 9.55. The van der Waals surface area contributed by atoms with Gasteiger partial charge in [0.05, 0.1) is 26.1 Å². The lowest BCUT2D eigenvalue weighted by atomic mass is 10.1. The van der Waals surface area contributed by atoms with Gasteiger partial charge in [-0.1, -0.05) is 0 Å². The zero-order chi connectivity index (χ0) is 20.2. The predicted octanol–water partition coefficient (Wildman–Crippen LogP) is 2.79. The second-order valence-corrected chi connectivity index (χ2v) is 6.98. The Labute approximate surface area is 169 Å². The van der Waals surface area contributed by atoms with Crippen molar-refractivity contribution in [3.8, 4) is 17.3 Å². The van der Waals surface area contributed by atoms with Gasteiger partial charge in [-0.2, -0.15) is 5.10 Å². The third kappa shape index (κ3) is 4.11. The van der Waals surface area contributed by atoms with Crippen LogP contribution in [0.4, 0.5) is 0 Å². The first kappa shape index (κ1) is 19.0. The summed E-state index contributed by atoms with van der Waals surface area (Å²) >= 11 is 0. The molecule has 0 fully saturated rings. The van der Waals surface area contributed by atoms with Crippen LogP contribution in [0.3, 0.4) is 0 Å². The van der Waals surface area contributed by atoms with Crippen molar-refractivity contribution in [1.29, 1.82) is 0 Å². The molecule has 1 aliphatic heterocycles. The van der Waals surface area contributed by atoms with Crippen molar-refractivity contribution in [2.45, 2.75) is 32.2 Å². The van der Waals surface area contributed by atoms with E-state index in [4.69, 9.17) is 14.0 Å². The summed E-state index contributed by atoms with van der Waals surface area (Å²) < 4.78 is 17.4. The first-order valence-corrected chi connectivity index (χ1v) is 9.65. The van der Waals surface area contributed by atoms with Gasteiger partial charge in [-0.05, 0) is 42.3 Å². The number of methoxy groups -OCH3 is 2. The van der Waals surface area contributed by atoms with Gasteiger partial charge in [0.2, 0.25) is 5.91 Å². The molecule has 8 nitrogen and oxygen atoms in total. The van der Waals surface area contributed by atoms with Gasteiger partial charge in [0, 0.05) is 43.3 Å². The molecular weight excluding hydrogens is 372 g/mol. The van der Waals surface area contributed by atoms with Gasteiger partial charge in [0.15, 0.2) is 0 Å². The molecule has 1 aromatic carbocycles. The van der Waals surface area contributed by atoms with Crippen molar-refractivity contribution in [2.75, 3.05) is 20.8 Å². The molecule has 0 unspecified atom stereocenters. The molecule has 0 aliphatic carbocycles. The molecule has 1 aliphatic rings. The van der Waals surface area contributed by atoms with Crippen molar-refractivity contribution in [3.63, 3.8) is 0 Å². The Morgan fingerprint density at radius 2 is 2.03 bits per heavy atom. The van der Waals surface area contributed by atoms with Gasteiger partial charge in [-0.25, -0.2) is 4.68 Å². The van der Waals surface area contributed by atoms with Gasteiger partial charge >= 0.3 is 0 Å². The van der Waals surface area contributed by atoms with Gasteiger partial charge < -0.3 is 18.9 Å². The van der Waals surface area contributed by atoms with Crippen molar-refractivity contribution in [3.05, 3.63) is 53.5 Å². The van der Waals surface area contributed by atoms with Gasteiger partial charge in [-0.15, -0.1) is 0 Å². The molecule has 0 saturated carbocycles. The Bertz CT molecular complexity index is 977. The van der Waals surface area contributed by atoms with Crippen LogP contribution in [0.25, 0.3) is 5.69 Å². The van der Waals surface area contributed by atoms with Crippen molar-refractivity contribution in [2.24, 2.45) is 0 Å². The van der Waals surface area contributed by atoms with Crippen LogP contribution in [0, 0.1) is 0 Å². The minimum Gasteiger partial charge on any atom is -0.497 e. The minimum atomic E-state index is 0.102. The van der Waals surface area contributed by atoms with E-state index in [1.54, 1.807) is 13.2 Å². The predicted molar refractivity (Wildman–Crippen MR) is 105 cm³/mol. The second-order valence-electron chi connectivity index (χ2n) is 6.98. The third-order valence-electron chi connectivity index (χ3n) is 5.16. The van der Waals surface area contributed by atoms with E-state index in [1.165, 1.54) is 7.11 Å². The van der Waals surface area contributed by atoms with E-state index in [9.17, 15) is 4.79 Å². The van der Waals surface area contributed by atoms with Crippen LogP contribution in [-0.4, -0.2) is 46.5 Å². The number of aromatic nitrogens is 3. The van der Waals surface area contributed by atoms with Crippen molar-refractivity contribution < 1.29 is 18.8 Å². The molecule has 8 heteroatoms. The first-order valence-electron chi connectivity index (χ1n) is 9.65. The normalized spacial score (nSPS) is 13.7. The molecule has 1 amide bonds. The highest BCUT2D eigenvalue weighted by Gasteiger charge is 2.23. The van der Waals surface area contributed by atoms with Gasteiger partial charge in [0.25, 0.3) is 5.88 Å². The zero-order valence-electron chi connectivity index (χ0n) is 16.6. The summed E-state index contributed by atoms with van der Waals surface area (Å²) in [7, 11) is 3.19. The maximum atomic E-state index is 12.7. The van der Waals surface area contributed by atoms with E-state index in [2.05, 4.69) is 10.3 Å². The fourth-order valence-corrected chi connectivity index (χ4v) is 3.58. The number of nitrogens with zero attached hydrogens (tertiary/aromatic N) is 4. The largest absolute Gasteiger partial charge is 0.497 e. The smallest absolute Gasteiger partial charge is 0.254 e. The van der Waals surface area contributed by atoms with Crippen molar-refractivity contribution in [1.82, 2.24) is 19.8 Å². The SMILES string of the molecule is COc1ccc(-n2ncc3c2CCCN(C(=O)CCc2cc(OC)no2)C3)cc1. The number of ether oxygens (including phenoxy) is 2. The number of carbonyl (C=O) groups is 1. The molecule has 0 spiro atoms. The molecule has 4 rings (SSSR count).